The van der Waals surface area contributed by atoms with E-state index in [9.17, 15) is 4.79 Å². The van der Waals surface area contributed by atoms with Crippen molar-refractivity contribution in [2.24, 2.45) is 5.92 Å². The van der Waals surface area contributed by atoms with Crippen molar-refractivity contribution in [3.8, 4) is 5.75 Å². The van der Waals surface area contributed by atoms with Gasteiger partial charge >= 0.3 is 0 Å². The highest BCUT2D eigenvalue weighted by Crippen LogP contribution is 2.29. The van der Waals surface area contributed by atoms with Crippen LogP contribution in [0.15, 0.2) is 18.2 Å². The van der Waals surface area contributed by atoms with Gasteiger partial charge in [-0.1, -0.05) is 12.8 Å². The van der Waals surface area contributed by atoms with Crippen LogP contribution in [0.4, 0.5) is 5.69 Å². The van der Waals surface area contributed by atoms with Crippen molar-refractivity contribution in [1.82, 2.24) is 10.6 Å². The van der Waals surface area contributed by atoms with Gasteiger partial charge in [-0.2, -0.15) is 0 Å². The van der Waals surface area contributed by atoms with Gasteiger partial charge in [-0.05, 0) is 82.2 Å². The van der Waals surface area contributed by atoms with Crippen LogP contribution in [0.1, 0.15) is 69.8 Å². The maximum Gasteiger partial charge on any atom is 0.227 e. The molecule has 0 bridgehead atoms. The van der Waals surface area contributed by atoms with Crippen molar-refractivity contribution in [1.29, 1.82) is 0 Å². The average molecular weight is 400 g/mol. The largest absolute Gasteiger partial charge is 0.493 e. The first-order valence-corrected chi connectivity index (χ1v) is 11.8. The van der Waals surface area contributed by atoms with Gasteiger partial charge in [-0.25, -0.2) is 0 Å². The molecule has 0 radical (unpaired) electrons. The number of hydrogen-bond donors (Lipinski definition) is 2. The summed E-state index contributed by atoms with van der Waals surface area (Å²) in [7, 11) is 0. The van der Waals surface area contributed by atoms with Crippen LogP contribution in [-0.4, -0.2) is 38.2 Å². The number of nitrogens with zero attached hydrogens (tertiary/aromatic N) is 1. The number of carbonyl (C=O) groups is 1. The molecular weight excluding hydrogens is 362 g/mol. The van der Waals surface area contributed by atoms with Gasteiger partial charge in [-0.15, -0.1) is 0 Å². The molecule has 3 fully saturated rings. The van der Waals surface area contributed by atoms with Gasteiger partial charge in [0.25, 0.3) is 0 Å². The van der Waals surface area contributed by atoms with E-state index in [4.69, 9.17) is 4.74 Å². The van der Waals surface area contributed by atoms with Crippen LogP contribution in [0.2, 0.25) is 0 Å². The number of hydrogen-bond acceptors (Lipinski definition) is 4. The van der Waals surface area contributed by atoms with Crippen molar-refractivity contribution < 1.29 is 9.53 Å². The number of anilines is 1. The van der Waals surface area contributed by atoms with Gasteiger partial charge in [0.05, 0.1) is 6.61 Å². The summed E-state index contributed by atoms with van der Waals surface area (Å²) in [5.41, 5.74) is 2.21. The third kappa shape index (κ3) is 5.73. The minimum absolute atomic E-state index is 0.245. The lowest BCUT2D eigenvalue weighted by atomic mass is 9.95. The van der Waals surface area contributed by atoms with E-state index in [2.05, 4.69) is 28.8 Å². The second kappa shape index (κ2) is 10.4. The summed E-state index contributed by atoms with van der Waals surface area (Å²) in [5.74, 6) is 2.03. The summed E-state index contributed by atoms with van der Waals surface area (Å²) in [4.78, 5) is 14.1. The predicted molar refractivity (Wildman–Crippen MR) is 117 cm³/mol. The molecule has 2 heterocycles. The molecule has 1 aliphatic carbocycles. The third-order valence-electron chi connectivity index (χ3n) is 6.78. The van der Waals surface area contributed by atoms with E-state index in [1.807, 2.05) is 4.90 Å². The standard InChI is InChI=1S/C24H37N3O2/c28-24-10-4-14-27(24)22-11-12-23(20(16-22)18-26-21-8-1-2-9-21)29-15-5-7-19-6-3-13-25-17-19/h11-12,16,19,21,25-26H,1-10,13-15,17-18H2. The molecule has 5 nitrogen and oxygen atoms in total. The second-order valence-electron chi connectivity index (χ2n) is 9.01. The van der Waals surface area contributed by atoms with Crippen LogP contribution < -0.4 is 20.3 Å². The van der Waals surface area contributed by atoms with E-state index >= 15 is 0 Å². The Kier molecular flexibility index (Phi) is 7.44. The molecule has 1 amide bonds. The van der Waals surface area contributed by atoms with E-state index in [0.29, 0.717) is 12.5 Å². The summed E-state index contributed by atoms with van der Waals surface area (Å²) < 4.78 is 6.22. The van der Waals surface area contributed by atoms with Crippen LogP contribution in [0.5, 0.6) is 5.75 Å². The Morgan fingerprint density at radius 2 is 2.03 bits per heavy atom. The Morgan fingerprint density at radius 1 is 1.14 bits per heavy atom. The van der Waals surface area contributed by atoms with E-state index in [1.165, 1.54) is 57.1 Å². The monoisotopic (exact) mass is 399 g/mol. The lowest BCUT2D eigenvalue weighted by Gasteiger charge is -2.23. The van der Waals surface area contributed by atoms with Crippen molar-refractivity contribution in [2.45, 2.75) is 76.8 Å². The summed E-state index contributed by atoms with van der Waals surface area (Å²) in [6, 6.07) is 6.93. The molecule has 4 rings (SSSR count). The molecular formula is C24H37N3O2. The van der Waals surface area contributed by atoms with Crippen LogP contribution in [0.3, 0.4) is 0 Å². The maximum atomic E-state index is 12.2. The Morgan fingerprint density at radius 3 is 2.79 bits per heavy atom. The first-order valence-electron chi connectivity index (χ1n) is 11.8. The molecule has 2 saturated heterocycles. The molecule has 2 N–H and O–H groups in total. The van der Waals surface area contributed by atoms with Gasteiger partial charge in [0.15, 0.2) is 0 Å². The Labute approximate surface area is 175 Å². The highest BCUT2D eigenvalue weighted by atomic mass is 16.5. The maximum absolute atomic E-state index is 12.2. The van der Waals surface area contributed by atoms with Gasteiger partial charge in [0.1, 0.15) is 5.75 Å². The van der Waals surface area contributed by atoms with Crippen molar-refractivity contribution >= 4 is 11.6 Å². The summed E-state index contributed by atoms with van der Waals surface area (Å²) in [5, 5.41) is 7.22. The first-order chi connectivity index (χ1) is 14.3. The van der Waals surface area contributed by atoms with Crippen LogP contribution in [0, 0.1) is 5.92 Å². The number of amides is 1. The number of nitrogens with one attached hydrogen (secondary N) is 2. The average Bonchev–Trinajstić information content (AvgIpc) is 3.42. The number of ether oxygens (including phenoxy) is 1. The number of rotatable bonds is 9. The summed E-state index contributed by atoms with van der Waals surface area (Å²) >= 11 is 0. The predicted octanol–water partition coefficient (Wildman–Crippen LogP) is 4.00. The lowest BCUT2D eigenvalue weighted by molar-refractivity contribution is -0.117. The fourth-order valence-electron chi connectivity index (χ4n) is 5.04. The molecule has 29 heavy (non-hydrogen) atoms. The quantitative estimate of drug-likeness (QED) is 0.616. The Balaban J connectivity index is 1.36. The Hall–Kier alpha value is -1.59. The zero-order valence-electron chi connectivity index (χ0n) is 17.8. The molecule has 1 aromatic carbocycles. The molecule has 0 aromatic heterocycles. The molecule has 1 atom stereocenters. The molecule has 160 valence electrons. The van der Waals surface area contributed by atoms with E-state index in [1.54, 1.807) is 0 Å². The summed E-state index contributed by atoms with van der Waals surface area (Å²) in [6.07, 6.45) is 11.8. The molecule has 0 spiro atoms. The van der Waals surface area contributed by atoms with Gasteiger partial charge in [-0.3, -0.25) is 4.79 Å². The molecule has 3 aliphatic rings. The molecule has 1 aromatic rings. The number of benzene rings is 1. The highest BCUT2D eigenvalue weighted by molar-refractivity contribution is 5.95. The van der Waals surface area contributed by atoms with Crippen LogP contribution in [0.25, 0.3) is 0 Å². The van der Waals surface area contributed by atoms with Gasteiger partial charge in [0, 0.05) is 36.8 Å². The topological polar surface area (TPSA) is 53.6 Å². The smallest absolute Gasteiger partial charge is 0.227 e. The molecule has 5 heteroatoms. The minimum atomic E-state index is 0.245. The number of piperidine rings is 1. The molecule has 2 aliphatic heterocycles. The first kappa shape index (κ1) is 20.7. The zero-order chi connectivity index (χ0) is 19.9. The van der Waals surface area contributed by atoms with Crippen molar-refractivity contribution in [2.75, 3.05) is 31.1 Å². The minimum Gasteiger partial charge on any atom is -0.493 e. The molecule has 1 saturated carbocycles. The van der Waals surface area contributed by atoms with Crippen LogP contribution in [-0.2, 0) is 11.3 Å². The lowest BCUT2D eigenvalue weighted by Crippen LogP contribution is -2.29. The number of carbonyl (C=O) groups excluding carboxylic acids is 1. The normalized spacial score (nSPS) is 23.1. The second-order valence-corrected chi connectivity index (χ2v) is 9.01. The molecule has 1 unspecified atom stereocenters. The Bertz CT molecular complexity index is 666. The highest BCUT2D eigenvalue weighted by Gasteiger charge is 2.23. The van der Waals surface area contributed by atoms with E-state index < -0.39 is 0 Å². The van der Waals surface area contributed by atoms with Crippen molar-refractivity contribution in [3.05, 3.63) is 23.8 Å². The van der Waals surface area contributed by atoms with Crippen molar-refractivity contribution in [3.63, 3.8) is 0 Å². The fraction of sp³-hybridized carbons (Fsp3) is 0.708. The van der Waals surface area contributed by atoms with E-state index in [-0.39, 0.29) is 5.91 Å². The van der Waals surface area contributed by atoms with Crippen LogP contribution >= 0.6 is 0 Å². The van der Waals surface area contributed by atoms with Gasteiger partial charge in [0.2, 0.25) is 5.91 Å². The summed E-state index contributed by atoms with van der Waals surface area (Å²) in [6.45, 7) is 4.77. The third-order valence-corrected chi connectivity index (χ3v) is 6.78. The van der Waals surface area contributed by atoms with E-state index in [0.717, 1.165) is 56.4 Å². The zero-order valence-corrected chi connectivity index (χ0v) is 17.8. The SMILES string of the molecule is O=C1CCCN1c1ccc(OCCCC2CCCNC2)c(CNC2CCCC2)c1. The fourth-order valence-corrected chi connectivity index (χ4v) is 5.04. The van der Waals surface area contributed by atoms with Gasteiger partial charge < -0.3 is 20.3 Å².